The van der Waals surface area contributed by atoms with Crippen molar-refractivity contribution in [2.45, 2.75) is 39.2 Å². The van der Waals surface area contributed by atoms with E-state index in [1.807, 2.05) is 0 Å². The molecule has 4 heteroatoms. The van der Waals surface area contributed by atoms with Gasteiger partial charge in [0.15, 0.2) is 0 Å². The van der Waals surface area contributed by atoms with Crippen LogP contribution in [0, 0.1) is 11.8 Å². The minimum atomic E-state index is -0.133. The lowest BCUT2D eigenvalue weighted by Crippen LogP contribution is -2.24. The van der Waals surface area contributed by atoms with E-state index in [0.717, 1.165) is 12.8 Å². The highest BCUT2D eigenvalue weighted by molar-refractivity contribution is 5.69. The van der Waals surface area contributed by atoms with Crippen LogP contribution >= 0.6 is 0 Å². The van der Waals surface area contributed by atoms with E-state index in [0.29, 0.717) is 32.1 Å². The first kappa shape index (κ1) is 13.5. The van der Waals surface area contributed by atoms with Gasteiger partial charge in [0, 0.05) is 12.8 Å². The minimum Gasteiger partial charge on any atom is -0.460 e. The third-order valence-corrected chi connectivity index (χ3v) is 2.78. The lowest BCUT2D eigenvalue weighted by molar-refractivity contribution is -0.150. The number of ether oxygens (including phenoxy) is 2. The third kappa shape index (κ3) is 4.94. The highest BCUT2D eigenvalue weighted by Crippen LogP contribution is 2.16. The summed E-state index contributed by atoms with van der Waals surface area (Å²) in [6.07, 6.45) is 2.20. The van der Waals surface area contributed by atoms with E-state index in [-0.39, 0.29) is 18.0 Å². The zero-order valence-electron chi connectivity index (χ0n) is 10.3. The Balaban J connectivity index is 2.24. The van der Waals surface area contributed by atoms with Gasteiger partial charge < -0.3 is 15.2 Å². The van der Waals surface area contributed by atoms with Crippen LogP contribution in [0.3, 0.4) is 0 Å². The van der Waals surface area contributed by atoms with Crippen LogP contribution in [0.25, 0.3) is 0 Å². The van der Waals surface area contributed by atoms with E-state index in [1.54, 1.807) is 0 Å². The van der Waals surface area contributed by atoms with E-state index in [1.165, 1.54) is 0 Å². The first-order valence-electron chi connectivity index (χ1n) is 6.09. The molecule has 1 aliphatic rings. The first-order valence-corrected chi connectivity index (χ1v) is 6.09. The van der Waals surface area contributed by atoms with Crippen molar-refractivity contribution in [3.05, 3.63) is 0 Å². The van der Waals surface area contributed by atoms with Gasteiger partial charge in [-0.25, -0.2) is 0 Å². The van der Waals surface area contributed by atoms with E-state index in [2.05, 4.69) is 13.8 Å². The summed E-state index contributed by atoms with van der Waals surface area (Å²) >= 11 is 0. The summed E-state index contributed by atoms with van der Waals surface area (Å²) in [7, 11) is 0. The molecule has 0 amide bonds. The average molecular weight is 229 g/mol. The van der Waals surface area contributed by atoms with Crippen molar-refractivity contribution < 1.29 is 14.3 Å². The van der Waals surface area contributed by atoms with E-state index < -0.39 is 0 Å². The molecular formula is C12H23NO3. The summed E-state index contributed by atoms with van der Waals surface area (Å²) in [6, 6.07) is 0. The second kappa shape index (κ2) is 6.86. The predicted molar refractivity (Wildman–Crippen MR) is 61.9 cm³/mol. The molecule has 0 aromatic carbocycles. The van der Waals surface area contributed by atoms with Crippen LogP contribution < -0.4 is 5.73 Å². The maximum Gasteiger partial charge on any atom is 0.306 e. The minimum absolute atomic E-state index is 0.0371. The summed E-state index contributed by atoms with van der Waals surface area (Å²) in [6.45, 7) is 6.07. The molecule has 0 unspecified atom stereocenters. The Morgan fingerprint density at radius 1 is 1.56 bits per heavy atom. The van der Waals surface area contributed by atoms with Crippen LogP contribution in [0.5, 0.6) is 0 Å². The summed E-state index contributed by atoms with van der Waals surface area (Å²) in [5.41, 5.74) is 5.65. The fraction of sp³-hybridized carbons (Fsp3) is 0.917. The fourth-order valence-corrected chi connectivity index (χ4v) is 2.01. The molecule has 1 aliphatic heterocycles. The zero-order valence-corrected chi connectivity index (χ0v) is 10.3. The molecular weight excluding hydrogens is 206 g/mol. The van der Waals surface area contributed by atoms with Gasteiger partial charge in [-0.1, -0.05) is 13.8 Å². The molecule has 0 bridgehead atoms. The molecule has 0 saturated carbocycles. The lowest BCUT2D eigenvalue weighted by Gasteiger charge is -2.17. The number of hydrogen-bond donors (Lipinski definition) is 1. The average Bonchev–Trinajstić information content (AvgIpc) is 2.68. The second-order valence-electron chi connectivity index (χ2n) is 4.91. The van der Waals surface area contributed by atoms with Crippen LogP contribution in [-0.4, -0.2) is 31.8 Å². The molecule has 2 atom stereocenters. The Hall–Kier alpha value is -0.610. The molecule has 16 heavy (non-hydrogen) atoms. The van der Waals surface area contributed by atoms with Crippen molar-refractivity contribution in [2.75, 3.05) is 19.8 Å². The standard InChI is InChI=1S/C12H23NO3/c1-9(2)5-10(7-13)6-12(14)16-11-3-4-15-8-11/h9-11H,3-8,13H2,1-2H3/t10-,11-/m0/s1. The molecule has 4 nitrogen and oxygen atoms in total. The molecule has 0 aromatic rings. The van der Waals surface area contributed by atoms with Crippen molar-refractivity contribution in [1.82, 2.24) is 0 Å². The second-order valence-corrected chi connectivity index (χ2v) is 4.91. The van der Waals surface area contributed by atoms with Gasteiger partial charge >= 0.3 is 5.97 Å². The van der Waals surface area contributed by atoms with E-state index >= 15 is 0 Å². The Labute approximate surface area is 97.5 Å². The van der Waals surface area contributed by atoms with Gasteiger partial charge in [-0.05, 0) is 24.8 Å². The lowest BCUT2D eigenvalue weighted by atomic mass is 9.94. The number of carbonyl (C=O) groups is 1. The Morgan fingerprint density at radius 2 is 2.31 bits per heavy atom. The van der Waals surface area contributed by atoms with Crippen molar-refractivity contribution in [2.24, 2.45) is 17.6 Å². The number of hydrogen-bond acceptors (Lipinski definition) is 4. The molecule has 0 aromatic heterocycles. The van der Waals surface area contributed by atoms with E-state index in [4.69, 9.17) is 15.2 Å². The number of nitrogens with two attached hydrogens (primary N) is 1. The van der Waals surface area contributed by atoms with Gasteiger partial charge in [0.1, 0.15) is 6.10 Å². The number of rotatable bonds is 6. The van der Waals surface area contributed by atoms with Gasteiger partial charge in [0.05, 0.1) is 13.2 Å². The van der Waals surface area contributed by atoms with Crippen LogP contribution in [0.4, 0.5) is 0 Å². The monoisotopic (exact) mass is 229 g/mol. The molecule has 1 heterocycles. The van der Waals surface area contributed by atoms with Crippen LogP contribution in [0.1, 0.15) is 33.1 Å². The van der Waals surface area contributed by atoms with Gasteiger partial charge in [0.25, 0.3) is 0 Å². The van der Waals surface area contributed by atoms with Gasteiger partial charge in [-0.15, -0.1) is 0 Å². The first-order chi connectivity index (χ1) is 7.61. The number of esters is 1. The molecule has 2 N–H and O–H groups in total. The smallest absolute Gasteiger partial charge is 0.306 e. The van der Waals surface area contributed by atoms with Crippen molar-refractivity contribution in [3.8, 4) is 0 Å². The van der Waals surface area contributed by atoms with Crippen LogP contribution in [0.15, 0.2) is 0 Å². The summed E-state index contributed by atoms with van der Waals surface area (Å²) < 4.78 is 10.5. The summed E-state index contributed by atoms with van der Waals surface area (Å²) in [5.74, 6) is 0.678. The maximum absolute atomic E-state index is 11.6. The van der Waals surface area contributed by atoms with Crippen LogP contribution in [-0.2, 0) is 14.3 Å². The topological polar surface area (TPSA) is 61.6 Å². The van der Waals surface area contributed by atoms with Gasteiger partial charge in [0.2, 0.25) is 0 Å². The molecule has 1 rings (SSSR count). The summed E-state index contributed by atoms with van der Waals surface area (Å²) in [4.78, 5) is 11.6. The fourth-order valence-electron chi connectivity index (χ4n) is 2.01. The summed E-state index contributed by atoms with van der Waals surface area (Å²) in [5, 5.41) is 0. The van der Waals surface area contributed by atoms with Crippen molar-refractivity contribution in [3.63, 3.8) is 0 Å². The van der Waals surface area contributed by atoms with Gasteiger partial charge in [-0.2, -0.15) is 0 Å². The molecule has 94 valence electrons. The Morgan fingerprint density at radius 3 is 2.81 bits per heavy atom. The highest BCUT2D eigenvalue weighted by atomic mass is 16.6. The number of carbonyl (C=O) groups excluding carboxylic acids is 1. The van der Waals surface area contributed by atoms with E-state index in [9.17, 15) is 4.79 Å². The Bertz CT molecular complexity index is 212. The predicted octanol–water partition coefficient (Wildman–Crippen LogP) is 1.33. The third-order valence-electron chi connectivity index (χ3n) is 2.78. The van der Waals surface area contributed by atoms with Crippen molar-refractivity contribution in [1.29, 1.82) is 0 Å². The normalized spacial score (nSPS) is 22.4. The SMILES string of the molecule is CC(C)C[C@H](CN)CC(=O)O[C@H]1CCOC1. The van der Waals surface area contributed by atoms with Gasteiger partial charge in [-0.3, -0.25) is 4.79 Å². The van der Waals surface area contributed by atoms with Crippen LogP contribution in [0.2, 0.25) is 0 Å². The maximum atomic E-state index is 11.6. The van der Waals surface area contributed by atoms with Crippen molar-refractivity contribution >= 4 is 5.97 Å². The molecule has 0 aliphatic carbocycles. The highest BCUT2D eigenvalue weighted by Gasteiger charge is 2.22. The molecule has 1 saturated heterocycles. The largest absolute Gasteiger partial charge is 0.460 e. The molecule has 0 spiro atoms. The molecule has 1 fully saturated rings. The quantitative estimate of drug-likeness (QED) is 0.698. The zero-order chi connectivity index (χ0) is 12.0. The molecule has 0 radical (unpaired) electrons. The Kier molecular flexibility index (Phi) is 5.77.